The van der Waals surface area contributed by atoms with Gasteiger partial charge in [0.1, 0.15) is 12.4 Å². The highest BCUT2D eigenvalue weighted by atomic mass is 19.1. The van der Waals surface area contributed by atoms with Gasteiger partial charge >= 0.3 is 6.09 Å². The van der Waals surface area contributed by atoms with E-state index >= 15 is 0 Å². The van der Waals surface area contributed by atoms with E-state index in [0.717, 1.165) is 16.1 Å². The first kappa shape index (κ1) is 13.3. The van der Waals surface area contributed by atoms with Crippen LogP contribution in [0, 0.1) is 12.7 Å². The Morgan fingerprint density at radius 2 is 2.10 bits per heavy atom. The number of aryl methyl sites for hydroxylation is 1. The zero-order valence-electron chi connectivity index (χ0n) is 11.4. The molecule has 21 heavy (non-hydrogen) atoms. The number of hydrazone groups is 1. The molecule has 0 radical (unpaired) electrons. The fourth-order valence-electron chi connectivity index (χ4n) is 2.19. The summed E-state index contributed by atoms with van der Waals surface area (Å²) in [6.07, 6.45) is 0.841. The molecule has 0 saturated carbocycles. The number of hydrogen-bond donors (Lipinski definition) is 0. The molecule has 0 aromatic heterocycles. The molecular weight excluding hydrogens is 271 g/mol. The lowest BCUT2D eigenvalue weighted by Crippen LogP contribution is -2.31. The van der Waals surface area contributed by atoms with Gasteiger partial charge in [-0.15, -0.1) is 0 Å². The molecule has 2 aromatic rings. The van der Waals surface area contributed by atoms with Crippen LogP contribution >= 0.6 is 0 Å². The molecule has 0 saturated heterocycles. The van der Waals surface area contributed by atoms with Gasteiger partial charge in [0.25, 0.3) is 0 Å². The SMILES string of the molecule is Cc1cccc(-c2ccc(N3N=CCOC3=O)cc2F)c1. The summed E-state index contributed by atoms with van der Waals surface area (Å²) in [5.74, 6) is -0.410. The highest BCUT2D eigenvalue weighted by molar-refractivity contribution is 5.91. The van der Waals surface area contributed by atoms with Crippen molar-refractivity contribution in [2.24, 2.45) is 5.10 Å². The molecule has 4 nitrogen and oxygen atoms in total. The molecule has 0 atom stereocenters. The van der Waals surface area contributed by atoms with Crippen LogP contribution in [0.1, 0.15) is 5.56 Å². The van der Waals surface area contributed by atoms with Crippen molar-refractivity contribution in [3.8, 4) is 11.1 Å². The second kappa shape index (κ2) is 5.36. The van der Waals surface area contributed by atoms with E-state index in [2.05, 4.69) is 5.10 Å². The van der Waals surface area contributed by atoms with Gasteiger partial charge in [-0.1, -0.05) is 29.8 Å². The lowest BCUT2D eigenvalue weighted by atomic mass is 10.0. The second-order valence-electron chi connectivity index (χ2n) is 4.72. The molecule has 1 heterocycles. The molecule has 0 bridgehead atoms. The van der Waals surface area contributed by atoms with Gasteiger partial charge in [0, 0.05) is 11.6 Å². The Balaban J connectivity index is 1.98. The van der Waals surface area contributed by atoms with Gasteiger partial charge in [-0.25, -0.2) is 9.18 Å². The Hall–Kier alpha value is -2.69. The minimum atomic E-state index is -0.611. The summed E-state index contributed by atoms with van der Waals surface area (Å²) in [4.78, 5) is 11.6. The van der Waals surface area contributed by atoms with Crippen molar-refractivity contribution < 1.29 is 13.9 Å². The molecule has 5 heteroatoms. The number of nitrogens with zero attached hydrogens (tertiary/aromatic N) is 2. The van der Waals surface area contributed by atoms with Crippen molar-refractivity contribution in [1.29, 1.82) is 0 Å². The van der Waals surface area contributed by atoms with Crippen molar-refractivity contribution in [2.45, 2.75) is 6.92 Å². The van der Waals surface area contributed by atoms with Crippen LogP contribution in [0.2, 0.25) is 0 Å². The van der Waals surface area contributed by atoms with E-state index in [0.29, 0.717) is 11.3 Å². The highest BCUT2D eigenvalue weighted by Gasteiger charge is 2.20. The molecule has 0 N–H and O–H groups in total. The summed E-state index contributed by atoms with van der Waals surface area (Å²) in [7, 11) is 0. The fraction of sp³-hybridized carbons (Fsp3) is 0.125. The molecule has 2 aromatic carbocycles. The third-order valence-corrected chi connectivity index (χ3v) is 3.18. The lowest BCUT2D eigenvalue weighted by molar-refractivity contribution is 0.167. The van der Waals surface area contributed by atoms with Gasteiger partial charge in [0.05, 0.1) is 11.9 Å². The second-order valence-corrected chi connectivity index (χ2v) is 4.72. The van der Waals surface area contributed by atoms with Gasteiger partial charge in [-0.2, -0.15) is 10.1 Å². The highest BCUT2D eigenvalue weighted by Crippen LogP contribution is 2.28. The smallest absolute Gasteiger partial charge is 0.435 e. The standard InChI is InChI=1S/C16H13FN2O2/c1-11-3-2-4-12(9-11)14-6-5-13(10-15(14)17)19-16(20)21-8-7-18-19/h2-7,9-10H,8H2,1H3. The topological polar surface area (TPSA) is 41.9 Å². The van der Waals surface area contributed by atoms with Crippen LogP contribution in [0.25, 0.3) is 11.1 Å². The molecule has 0 unspecified atom stereocenters. The van der Waals surface area contributed by atoms with Crippen LogP contribution in [0.3, 0.4) is 0 Å². The van der Waals surface area contributed by atoms with E-state index in [9.17, 15) is 9.18 Å². The summed E-state index contributed by atoms with van der Waals surface area (Å²) in [6.45, 7) is 2.09. The van der Waals surface area contributed by atoms with Crippen LogP contribution < -0.4 is 5.01 Å². The van der Waals surface area contributed by atoms with Crippen molar-refractivity contribution in [3.63, 3.8) is 0 Å². The van der Waals surface area contributed by atoms with Gasteiger partial charge in [0.15, 0.2) is 0 Å². The largest absolute Gasteiger partial charge is 0.442 e. The third-order valence-electron chi connectivity index (χ3n) is 3.18. The number of anilines is 1. The van der Waals surface area contributed by atoms with E-state index in [4.69, 9.17) is 4.74 Å². The van der Waals surface area contributed by atoms with Crippen molar-refractivity contribution >= 4 is 18.0 Å². The number of amides is 1. The maximum atomic E-state index is 14.3. The Morgan fingerprint density at radius 3 is 2.81 bits per heavy atom. The Bertz CT molecular complexity index is 728. The van der Waals surface area contributed by atoms with Crippen LogP contribution in [-0.4, -0.2) is 18.9 Å². The molecule has 0 fully saturated rings. The summed E-state index contributed by atoms with van der Waals surface area (Å²) >= 11 is 0. The fourth-order valence-corrected chi connectivity index (χ4v) is 2.19. The molecule has 0 aliphatic carbocycles. The lowest BCUT2D eigenvalue weighted by Gasteiger charge is -2.20. The monoisotopic (exact) mass is 284 g/mol. The predicted molar refractivity (Wildman–Crippen MR) is 78.9 cm³/mol. The molecular formula is C16H13FN2O2. The Labute approximate surface area is 121 Å². The van der Waals surface area contributed by atoms with E-state index < -0.39 is 11.9 Å². The van der Waals surface area contributed by atoms with Gasteiger partial charge in [0.2, 0.25) is 0 Å². The number of hydrogen-bond acceptors (Lipinski definition) is 3. The zero-order valence-corrected chi connectivity index (χ0v) is 11.4. The summed E-state index contributed by atoms with van der Waals surface area (Å²) in [6, 6.07) is 12.1. The van der Waals surface area contributed by atoms with Gasteiger partial charge < -0.3 is 4.74 Å². The average molecular weight is 284 g/mol. The van der Waals surface area contributed by atoms with E-state index in [1.807, 2.05) is 31.2 Å². The molecule has 106 valence electrons. The number of benzene rings is 2. The van der Waals surface area contributed by atoms with Crippen molar-refractivity contribution in [2.75, 3.05) is 11.6 Å². The maximum absolute atomic E-state index is 14.3. The summed E-state index contributed by atoms with van der Waals surface area (Å²) < 4.78 is 19.1. The van der Waals surface area contributed by atoms with Crippen molar-refractivity contribution in [1.82, 2.24) is 0 Å². The van der Waals surface area contributed by atoms with Crippen molar-refractivity contribution in [3.05, 3.63) is 53.8 Å². The first-order valence-corrected chi connectivity index (χ1v) is 6.51. The van der Waals surface area contributed by atoms with E-state index in [1.54, 1.807) is 12.1 Å². The predicted octanol–water partition coefficient (Wildman–Crippen LogP) is 3.74. The summed E-state index contributed by atoms with van der Waals surface area (Å²) in [5.41, 5.74) is 2.67. The van der Waals surface area contributed by atoms with E-state index in [1.165, 1.54) is 12.3 Å². The van der Waals surface area contributed by atoms with Gasteiger partial charge in [-0.05, 0) is 24.6 Å². The number of ether oxygens (including phenoxy) is 1. The quantitative estimate of drug-likeness (QED) is 0.843. The Morgan fingerprint density at radius 1 is 1.24 bits per heavy atom. The molecule has 1 aliphatic rings. The van der Waals surface area contributed by atoms with Crippen LogP contribution in [0.5, 0.6) is 0 Å². The zero-order chi connectivity index (χ0) is 14.8. The number of carbonyl (C=O) groups excluding carboxylic acids is 1. The number of rotatable bonds is 2. The minimum absolute atomic E-state index is 0.138. The van der Waals surface area contributed by atoms with Crippen LogP contribution in [0.4, 0.5) is 14.9 Å². The minimum Gasteiger partial charge on any atom is -0.442 e. The summed E-state index contributed by atoms with van der Waals surface area (Å²) in [5, 5.41) is 4.94. The molecule has 0 spiro atoms. The Kier molecular flexibility index (Phi) is 3.39. The molecule has 1 aliphatic heterocycles. The normalized spacial score (nSPS) is 14.2. The number of halogens is 1. The first-order valence-electron chi connectivity index (χ1n) is 6.51. The number of carbonyl (C=O) groups is 1. The van der Waals surface area contributed by atoms with Crippen LogP contribution in [-0.2, 0) is 4.74 Å². The van der Waals surface area contributed by atoms with Crippen LogP contribution in [0.15, 0.2) is 47.6 Å². The van der Waals surface area contributed by atoms with Gasteiger partial charge in [-0.3, -0.25) is 0 Å². The molecule has 3 rings (SSSR count). The molecule has 1 amide bonds. The number of cyclic esters (lactones) is 1. The van der Waals surface area contributed by atoms with E-state index in [-0.39, 0.29) is 6.61 Å². The maximum Gasteiger partial charge on any atom is 0.435 e. The first-order chi connectivity index (χ1) is 10.1. The average Bonchev–Trinajstić information content (AvgIpc) is 2.47. The third kappa shape index (κ3) is 2.63.